The molecule has 1 fully saturated rings. The summed E-state index contributed by atoms with van der Waals surface area (Å²) < 4.78 is 6.78. The van der Waals surface area contributed by atoms with E-state index in [9.17, 15) is 9.59 Å². The van der Waals surface area contributed by atoms with E-state index in [-0.39, 0.29) is 24.3 Å². The molecule has 1 aliphatic carbocycles. The van der Waals surface area contributed by atoms with Crippen LogP contribution in [-0.2, 0) is 9.53 Å². The van der Waals surface area contributed by atoms with Gasteiger partial charge in [0, 0.05) is 36.2 Å². The van der Waals surface area contributed by atoms with Crippen LogP contribution in [0.5, 0.6) is 0 Å². The number of carbonyl (C=O) groups excluding carboxylic acids is 2. The minimum absolute atomic E-state index is 0.00305. The number of benzene rings is 1. The first-order valence-electron chi connectivity index (χ1n) is 9.71. The predicted octanol–water partition coefficient (Wildman–Crippen LogP) is 4.06. The molecule has 2 atom stereocenters. The van der Waals surface area contributed by atoms with Gasteiger partial charge in [0.25, 0.3) is 5.91 Å². The molecule has 1 aromatic heterocycles. The molecule has 0 aliphatic heterocycles. The van der Waals surface area contributed by atoms with Gasteiger partial charge in [-0.3, -0.25) is 9.59 Å². The fourth-order valence-corrected chi connectivity index (χ4v) is 3.94. The Kier molecular flexibility index (Phi) is 6.32. The fraction of sp³-hybridized carbons (Fsp3) is 0.455. The Morgan fingerprint density at radius 3 is 2.41 bits per heavy atom. The van der Waals surface area contributed by atoms with E-state index in [1.54, 1.807) is 0 Å². The quantitative estimate of drug-likeness (QED) is 0.723. The molecular weight excluding hydrogens is 340 g/mol. The number of carbonyl (C=O) groups is 2. The zero-order valence-corrected chi connectivity index (χ0v) is 16.1. The van der Waals surface area contributed by atoms with E-state index in [1.807, 2.05) is 58.3 Å². The molecule has 0 saturated heterocycles. The zero-order valence-electron chi connectivity index (χ0n) is 16.1. The Hall–Kier alpha value is -2.56. The highest BCUT2D eigenvalue weighted by Gasteiger charge is 2.31. The van der Waals surface area contributed by atoms with Crippen LogP contribution >= 0.6 is 0 Å². The second-order valence-corrected chi connectivity index (χ2v) is 7.29. The molecule has 0 radical (unpaired) electrons. The average molecular weight is 368 g/mol. The molecule has 0 bridgehead atoms. The second-order valence-electron chi connectivity index (χ2n) is 7.29. The number of hydrogen-bond donors (Lipinski definition) is 0. The molecule has 1 amide bonds. The zero-order chi connectivity index (χ0) is 19.2. The van der Waals surface area contributed by atoms with Crippen LogP contribution in [0, 0.1) is 5.92 Å². The molecule has 2 unspecified atom stereocenters. The first-order chi connectivity index (χ1) is 13.1. The van der Waals surface area contributed by atoms with Crippen molar-refractivity contribution in [3.8, 4) is 5.69 Å². The molecule has 0 spiro atoms. The number of esters is 1. The van der Waals surface area contributed by atoms with Gasteiger partial charge >= 0.3 is 5.97 Å². The van der Waals surface area contributed by atoms with Crippen LogP contribution in [0.2, 0.25) is 0 Å². The van der Waals surface area contributed by atoms with Crippen molar-refractivity contribution in [3.63, 3.8) is 0 Å². The van der Waals surface area contributed by atoms with Crippen LogP contribution in [0.3, 0.4) is 0 Å². The lowest BCUT2D eigenvalue weighted by atomic mass is 9.84. The maximum absolute atomic E-state index is 13.3. The summed E-state index contributed by atoms with van der Waals surface area (Å²) in [7, 11) is 1.39. The molecule has 2 aromatic rings. The van der Waals surface area contributed by atoms with E-state index in [1.165, 1.54) is 13.5 Å². The van der Waals surface area contributed by atoms with Gasteiger partial charge in [-0.1, -0.05) is 19.8 Å². The third-order valence-corrected chi connectivity index (χ3v) is 5.53. The smallest absolute Gasteiger partial charge is 0.307 e. The Labute approximate surface area is 160 Å². The lowest BCUT2D eigenvalue weighted by Crippen LogP contribution is -2.46. The highest BCUT2D eigenvalue weighted by Crippen LogP contribution is 2.29. The SMILES string of the molecule is COC(=O)CCN(C(=O)c1ccc(-n2cccc2)cc1)C1CCCCC1C. The van der Waals surface area contributed by atoms with Crippen LogP contribution in [0.15, 0.2) is 48.8 Å². The van der Waals surface area contributed by atoms with Gasteiger partial charge in [0.15, 0.2) is 0 Å². The maximum Gasteiger partial charge on any atom is 0.307 e. The fourth-order valence-electron chi connectivity index (χ4n) is 3.94. The molecule has 27 heavy (non-hydrogen) atoms. The molecule has 3 rings (SSSR count). The standard InChI is InChI=1S/C22H28N2O3/c1-17-7-3-4-8-20(17)24(16-13-21(25)27-2)22(26)18-9-11-19(12-10-18)23-14-5-6-15-23/h5-6,9-12,14-15,17,20H,3-4,7-8,13,16H2,1-2H3. The first-order valence-corrected chi connectivity index (χ1v) is 9.71. The highest BCUT2D eigenvalue weighted by molar-refractivity contribution is 5.94. The number of amides is 1. The summed E-state index contributed by atoms with van der Waals surface area (Å²) in [4.78, 5) is 26.8. The maximum atomic E-state index is 13.3. The van der Waals surface area contributed by atoms with Crippen molar-refractivity contribution < 1.29 is 14.3 Å². The third-order valence-electron chi connectivity index (χ3n) is 5.53. The average Bonchev–Trinajstić information content (AvgIpc) is 3.24. The normalized spacial score (nSPS) is 19.5. The van der Waals surface area contributed by atoms with Gasteiger partial charge in [-0.05, 0) is 55.2 Å². The van der Waals surface area contributed by atoms with Gasteiger partial charge in [-0.15, -0.1) is 0 Å². The Morgan fingerprint density at radius 1 is 1.11 bits per heavy atom. The summed E-state index contributed by atoms with van der Waals surface area (Å²) in [6.07, 6.45) is 8.64. The van der Waals surface area contributed by atoms with E-state index >= 15 is 0 Å². The van der Waals surface area contributed by atoms with E-state index < -0.39 is 0 Å². The largest absolute Gasteiger partial charge is 0.469 e. The molecule has 0 N–H and O–H groups in total. The van der Waals surface area contributed by atoms with Crippen molar-refractivity contribution in [1.82, 2.24) is 9.47 Å². The van der Waals surface area contributed by atoms with Crippen LogP contribution in [0.4, 0.5) is 0 Å². The molecule has 1 aliphatic rings. The molecule has 5 heteroatoms. The number of methoxy groups -OCH3 is 1. The molecule has 144 valence electrons. The summed E-state index contributed by atoms with van der Waals surface area (Å²) in [6.45, 7) is 2.61. The molecule has 5 nitrogen and oxygen atoms in total. The van der Waals surface area contributed by atoms with Gasteiger partial charge < -0.3 is 14.2 Å². The van der Waals surface area contributed by atoms with Crippen molar-refractivity contribution in [2.75, 3.05) is 13.7 Å². The minimum Gasteiger partial charge on any atom is -0.469 e. The summed E-state index contributed by atoms with van der Waals surface area (Å²) in [5.41, 5.74) is 1.68. The number of nitrogens with zero attached hydrogens (tertiary/aromatic N) is 2. The highest BCUT2D eigenvalue weighted by atomic mass is 16.5. The second kappa shape index (κ2) is 8.89. The Morgan fingerprint density at radius 2 is 1.78 bits per heavy atom. The number of ether oxygens (including phenoxy) is 1. The summed E-state index contributed by atoms with van der Waals surface area (Å²) in [6, 6.07) is 11.8. The monoisotopic (exact) mass is 368 g/mol. The number of rotatable bonds is 6. The number of hydrogen-bond acceptors (Lipinski definition) is 3. The van der Waals surface area contributed by atoms with Gasteiger partial charge in [-0.25, -0.2) is 0 Å². The Balaban J connectivity index is 1.79. The van der Waals surface area contributed by atoms with Crippen molar-refractivity contribution in [2.45, 2.75) is 45.1 Å². The van der Waals surface area contributed by atoms with Crippen molar-refractivity contribution in [1.29, 1.82) is 0 Å². The van der Waals surface area contributed by atoms with Crippen LogP contribution < -0.4 is 0 Å². The van der Waals surface area contributed by atoms with Crippen LogP contribution in [0.25, 0.3) is 5.69 Å². The predicted molar refractivity (Wildman–Crippen MR) is 105 cm³/mol. The van der Waals surface area contributed by atoms with Gasteiger partial charge in [0.2, 0.25) is 0 Å². The molecule has 1 saturated carbocycles. The molecule has 1 heterocycles. The lowest BCUT2D eigenvalue weighted by molar-refractivity contribution is -0.141. The van der Waals surface area contributed by atoms with E-state index in [2.05, 4.69) is 6.92 Å². The van der Waals surface area contributed by atoms with Crippen LogP contribution in [0.1, 0.15) is 49.4 Å². The van der Waals surface area contributed by atoms with E-state index in [0.717, 1.165) is 24.9 Å². The van der Waals surface area contributed by atoms with Gasteiger partial charge in [0.1, 0.15) is 0 Å². The van der Waals surface area contributed by atoms with Gasteiger partial charge in [0.05, 0.1) is 13.5 Å². The number of aromatic nitrogens is 1. The van der Waals surface area contributed by atoms with Crippen molar-refractivity contribution in [2.24, 2.45) is 5.92 Å². The van der Waals surface area contributed by atoms with E-state index in [0.29, 0.717) is 18.0 Å². The summed E-state index contributed by atoms with van der Waals surface area (Å²) >= 11 is 0. The third kappa shape index (κ3) is 4.59. The lowest BCUT2D eigenvalue weighted by Gasteiger charge is -2.38. The first kappa shape index (κ1) is 19.2. The van der Waals surface area contributed by atoms with Crippen molar-refractivity contribution >= 4 is 11.9 Å². The minimum atomic E-state index is -0.279. The van der Waals surface area contributed by atoms with E-state index in [4.69, 9.17) is 4.74 Å². The summed E-state index contributed by atoms with van der Waals surface area (Å²) in [5.74, 6) is 0.162. The molecule has 1 aromatic carbocycles. The van der Waals surface area contributed by atoms with Crippen molar-refractivity contribution in [3.05, 3.63) is 54.4 Å². The van der Waals surface area contributed by atoms with Gasteiger partial charge in [-0.2, -0.15) is 0 Å². The summed E-state index contributed by atoms with van der Waals surface area (Å²) in [5, 5.41) is 0. The van der Waals surface area contributed by atoms with Crippen LogP contribution in [-0.4, -0.2) is 41.0 Å². The topological polar surface area (TPSA) is 51.5 Å². The Bertz CT molecular complexity index is 752. The molecular formula is C22H28N2O3.